The molecule has 3 fully saturated rings. The van der Waals surface area contributed by atoms with Crippen molar-refractivity contribution in [3.05, 3.63) is 28.8 Å². The van der Waals surface area contributed by atoms with Gasteiger partial charge in [0.2, 0.25) is 6.29 Å². The van der Waals surface area contributed by atoms with Crippen LogP contribution >= 0.6 is 11.3 Å². The molecule has 1 radical (unpaired) electrons. The highest BCUT2D eigenvalue weighted by molar-refractivity contribution is 7.14. The number of aromatic nitrogens is 3. The van der Waals surface area contributed by atoms with E-state index in [1.165, 1.54) is 31.1 Å². The number of hydrogen-bond acceptors (Lipinski definition) is 9. The lowest BCUT2D eigenvalue weighted by atomic mass is 10.1. The molecule has 0 aliphatic heterocycles. The van der Waals surface area contributed by atoms with Crippen LogP contribution < -0.4 is 16.2 Å². The summed E-state index contributed by atoms with van der Waals surface area (Å²) >= 11 is 1.38. The Balaban J connectivity index is 1.44. The maximum atomic E-state index is 13.6. The minimum absolute atomic E-state index is 0.109. The van der Waals surface area contributed by atoms with Gasteiger partial charge >= 0.3 is 6.03 Å². The van der Waals surface area contributed by atoms with Crippen LogP contribution in [0.25, 0.3) is 0 Å². The van der Waals surface area contributed by atoms with E-state index in [9.17, 15) is 19.2 Å². The summed E-state index contributed by atoms with van der Waals surface area (Å²) in [6, 6.07) is -1.29. The molecule has 12 heteroatoms. The van der Waals surface area contributed by atoms with Gasteiger partial charge in [0.15, 0.2) is 5.13 Å². The first kappa shape index (κ1) is 23.6. The van der Waals surface area contributed by atoms with Gasteiger partial charge in [-0.2, -0.15) is 0 Å². The Hall–Kier alpha value is -3.12. The van der Waals surface area contributed by atoms with Gasteiger partial charge in [0.25, 0.3) is 11.8 Å². The largest absolute Gasteiger partial charge is 0.345 e. The minimum atomic E-state index is -1.06. The Labute approximate surface area is 206 Å². The first-order valence-corrected chi connectivity index (χ1v) is 12.8. The van der Waals surface area contributed by atoms with Gasteiger partial charge < -0.3 is 4.90 Å². The van der Waals surface area contributed by atoms with Gasteiger partial charge in [-0.1, -0.05) is 12.8 Å². The van der Waals surface area contributed by atoms with E-state index in [4.69, 9.17) is 5.84 Å². The number of thiazole rings is 1. The quantitative estimate of drug-likeness (QED) is 0.219. The highest BCUT2D eigenvalue weighted by atomic mass is 32.1. The van der Waals surface area contributed by atoms with E-state index in [0.717, 1.165) is 53.2 Å². The smallest absolute Gasteiger partial charge is 0.341 e. The van der Waals surface area contributed by atoms with Gasteiger partial charge in [0, 0.05) is 18.0 Å². The van der Waals surface area contributed by atoms with Crippen LogP contribution in [0.5, 0.6) is 0 Å². The normalized spacial score (nSPS) is 18.1. The molecule has 0 aromatic carbocycles. The fraction of sp³-hybridized carbons (Fsp3) is 0.565. The predicted octanol–water partition coefficient (Wildman–Crippen LogP) is 2.02. The van der Waals surface area contributed by atoms with Crippen LogP contribution in [0.2, 0.25) is 0 Å². The Bertz CT molecular complexity index is 1150. The van der Waals surface area contributed by atoms with Crippen LogP contribution in [0.3, 0.4) is 0 Å². The van der Waals surface area contributed by atoms with E-state index in [1.807, 2.05) is 11.7 Å². The number of nitrogens with two attached hydrogens (primary N) is 1. The average Bonchev–Trinajstić information content (AvgIpc) is 3.76. The topological polar surface area (TPSA) is 144 Å². The van der Waals surface area contributed by atoms with E-state index in [0.29, 0.717) is 18.4 Å². The van der Waals surface area contributed by atoms with Crippen molar-refractivity contribution in [1.29, 1.82) is 0 Å². The first-order chi connectivity index (χ1) is 16.9. The second kappa shape index (κ2) is 9.50. The molecule has 3 aliphatic rings. The molecule has 2 aromatic heterocycles. The SMILES string of the molecule is Cc1c(C(=O)N(C(=O)c2csc(N(CC3CC3)C3CC3)n2)[C@H]([C]=O)CC2CC2)ncn1C(=O)NN. The summed E-state index contributed by atoms with van der Waals surface area (Å²) in [5, 5.41) is 2.41. The number of nitrogens with zero attached hydrogens (tertiary/aromatic N) is 5. The van der Waals surface area contributed by atoms with Crippen LogP contribution in [0.4, 0.5) is 9.93 Å². The van der Waals surface area contributed by atoms with Gasteiger partial charge in [-0.05, 0) is 50.9 Å². The number of nitrogen functional groups attached to an aromatic ring is 1. The molecule has 185 valence electrons. The van der Waals surface area contributed by atoms with Gasteiger partial charge in [0.1, 0.15) is 23.8 Å². The molecule has 35 heavy (non-hydrogen) atoms. The van der Waals surface area contributed by atoms with Crippen LogP contribution in [0.15, 0.2) is 11.7 Å². The molecule has 1 atom stereocenters. The van der Waals surface area contributed by atoms with Crippen molar-refractivity contribution in [3.63, 3.8) is 0 Å². The molecule has 0 saturated heterocycles. The van der Waals surface area contributed by atoms with Crippen LogP contribution in [0.1, 0.15) is 71.6 Å². The maximum absolute atomic E-state index is 13.6. The molecule has 3 amide bonds. The number of carbonyl (C=O) groups is 3. The van der Waals surface area contributed by atoms with Crippen LogP contribution in [-0.2, 0) is 4.79 Å². The predicted molar refractivity (Wildman–Crippen MR) is 128 cm³/mol. The summed E-state index contributed by atoms with van der Waals surface area (Å²) in [5.74, 6) is 4.71. The van der Waals surface area contributed by atoms with Gasteiger partial charge in [-0.3, -0.25) is 29.3 Å². The third kappa shape index (κ3) is 4.98. The number of anilines is 1. The Morgan fingerprint density at radius 1 is 1.20 bits per heavy atom. The lowest BCUT2D eigenvalue weighted by Crippen LogP contribution is -2.46. The highest BCUT2D eigenvalue weighted by Crippen LogP contribution is 2.39. The number of imidazole rings is 1. The Morgan fingerprint density at radius 2 is 1.91 bits per heavy atom. The zero-order chi connectivity index (χ0) is 24.7. The zero-order valence-electron chi connectivity index (χ0n) is 19.5. The third-order valence-electron chi connectivity index (χ3n) is 6.79. The summed E-state index contributed by atoms with van der Waals surface area (Å²) < 4.78 is 1.07. The molecule has 0 bridgehead atoms. The fourth-order valence-corrected chi connectivity index (χ4v) is 5.11. The summed E-state index contributed by atoms with van der Waals surface area (Å²) in [7, 11) is 0. The van der Waals surface area contributed by atoms with E-state index in [2.05, 4.69) is 14.9 Å². The molecule has 3 N–H and O–H groups in total. The van der Waals surface area contributed by atoms with Crippen LogP contribution in [-0.4, -0.2) is 62.2 Å². The number of amides is 3. The molecule has 0 unspecified atom stereocenters. The second-order valence-electron chi connectivity index (χ2n) is 9.63. The van der Waals surface area contributed by atoms with E-state index >= 15 is 0 Å². The van der Waals surface area contributed by atoms with Crippen molar-refractivity contribution in [1.82, 2.24) is 24.9 Å². The van der Waals surface area contributed by atoms with Gasteiger partial charge in [-0.15, -0.1) is 11.3 Å². The highest BCUT2D eigenvalue weighted by Gasteiger charge is 2.40. The third-order valence-corrected chi connectivity index (χ3v) is 7.66. The summed E-state index contributed by atoms with van der Waals surface area (Å²) in [4.78, 5) is 63.0. The number of hydrogen-bond donors (Lipinski definition) is 2. The molecule has 3 aliphatic carbocycles. The zero-order valence-corrected chi connectivity index (χ0v) is 20.3. The Kier molecular flexibility index (Phi) is 6.41. The molecule has 2 aromatic rings. The van der Waals surface area contributed by atoms with Crippen molar-refractivity contribution in [2.75, 3.05) is 11.4 Å². The minimum Gasteiger partial charge on any atom is -0.345 e. The summed E-state index contributed by atoms with van der Waals surface area (Å²) in [5.41, 5.74) is 2.19. The van der Waals surface area contributed by atoms with Crippen molar-refractivity contribution in [2.45, 2.75) is 64.0 Å². The molecule has 11 nitrogen and oxygen atoms in total. The molecule has 5 rings (SSSR count). The van der Waals surface area contributed by atoms with Gasteiger partial charge in [-0.25, -0.2) is 20.6 Å². The maximum Gasteiger partial charge on any atom is 0.341 e. The van der Waals surface area contributed by atoms with E-state index in [-0.39, 0.29) is 23.0 Å². The molecular weight excluding hydrogens is 470 g/mol. The molecular formula is C23H28N7O4S. The summed E-state index contributed by atoms with van der Waals surface area (Å²) in [6.45, 7) is 2.45. The van der Waals surface area contributed by atoms with Crippen molar-refractivity contribution in [2.24, 2.45) is 17.7 Å². The average molecular weight is 499 g/mol. The molecule has 0 spiro atoms. The fourth-order valence-electron chi connectivity index (χ4n) is 4.22. The van der Waals surface area contributed by atoms with E-state index in [1.54, 1.807) is 5.38 Å². The molecule has 2 heterocycles. The van der Waals surface area contributed by atoms with Crippen molar-refractivity contribution < 1.29 is 19.2 Å². The van der Waals surface area contributed by atoms with E-state index < -0.39 is 23.9 Å². The number of nitrogens with one attached hydrogen (secondary N) is 1. The van der Waals surface area contributed by atoms with Crippen molar-refractivity contribution >= 4 is 40.6 Å². The lowest BCUT2D eigenvalue weighted by molar-refractivity contribution is 0.0569. The Morgan fingerprint density at radius 3 is 2.51 bits per heavy atom. The number of hydrazine groups is 1. The van der Waals surface area contributed by atoms with Crippen LogP contribution in [0, 0.1) is 18.8 Å². The second-order valence-corrected chi connectivity index (χ2v) is 10.5. The number of rotatable bonds is 10. The summed E-state index contributed by atoms with van der Waals surface area (Å²) in [6.07, 6.45) is 9.93. The number of carbonyl (C=O) groups excluding carboxylic acids is 4. The molecule has 3 saturated carbocycles. The standard InChI is InChI=1S/C23H28N7O4S/c1-13-19(25-12-29(13)22(34)27-24)21(33)30(17(10-31)8-14-2-3-14)20(32)18-11-35-23(26-18)28(16-6-7-16)9-15-4-5-15/h11-12,14-17H,2-9,24H2,1H3,(H,27,34)/t17-/m0/s1. The lowest BCUT2D eigenvalue weighted by Gasteiger charge is -2.25. The van der Waals surface area contributed by atoms with Crippen molar-refractivity contribution in [3.8, 4) is 0 Å². The van der Waals surface area contributed by atoms with Gasteiger partial charge in [0.05, 0.1) is 5.69 Å². The number of imide groups is 1. The first-order valence-electron chi connectivity index (χ1n) is 11.9. The monoisotopic (exact) mass is 498 g/mol.